The minimum Gasteiger partial charge on any atom is -0.454 e. The Morgan fingerprint density at radius 1 is 1.11 bits per heavy atom. The molecule has 0 atom stereocenters. The van der Waals surface area contributed by atoms with Crippen LogP contribution in [0, 0.1) is 0 Å². The van der Waals surface area contributed by atoms with E-state index in [4.69, 9.17) is 9.15 Å². The van der Waals surface area contributed by atoms with Crippen molar-refractivity contribution in [3.05, 3.63) is 76.7 Å². The summed E-state index contributed by atoms with van der Waals surface area (Å²) in [7, 11) is 0. The van der Waals surface area contributed by atoms with Gasteiger partial charge in [0.05, 0.1) is 31.6 Å². The lowest BCUT2D eigenvalue weighted by atomic mass is 10.3. The number of amides is 1. The van der Waals surface area contributed by atoms with Gasteiger partial charge in [0, 0.05) is 25.4 Å². The van der Waals surface area contributed by atoms with Gasteiger partial charge in [-0.25, -0.2) is 4.98 Å². The van der Waals surface area contributed by atoms with Gasteiger partial charge in [0.2, 0.25) is 0 Å². The van der Waals surface area contributed by atoms with Gasteiger partial charge in [-0.1, -0.05) is 6.07 Å². The van der Waals surface area contributed by atoms with Gasteiger partial charge < -0.3 is 23.9 Å². The second-order valence-corrected chi connectivity index (χ2v) is 6.39. The predicted molar refractivity (Wildman–Crippen MR) is 104 cm³/mol. The minimum absolute atomic E-state index is 0.130. The summed E-state index contributed by atoms with van der Waals surface area (Å²) in [6.45, 7) is 3.32. The van der Waals surface area contributed by atoms with Crippen molar-refractivity contribution in [2.24, 2.45) is 0 Å². The average molecular weight is 380 g/mol. The number of aromatic nitrogens is 2. The number of hydrogen-bond acceptors (Lipinski definition) is 6. The Bertz CT molecular complexity index is 1000. The van der Waals surface area contributed by atoms with E-state index in [1.54, 1.807) is 42.7 Å². The Morgan fingerprint density at radius 3 is 2.71 bits per heavy atom. The fraction of sp³-hybridized carbons (Fsp3) is 0.250. The molecule has 0 bridgehead atoms. The highest BCUT2D eigenvalue weighted by Crippen LogP contribution is 2.17. The molecule has 1 N–H and O–H groups in total. The number of nitrogens with zero attached hydrogens (tertiary/aromatic N) is 3. The summed E-state index contributed by atoms with van der Waals surface area (Å²) in [6, 6.07) is 11.9. The summed E-state index contributed by atoms with van der Waals surface area (Å²) in [5.74, 6) is 0.740. The Balaban J connectivity index is 1.39. The first-order valence-corrected chi connectivity index (χ1v) is 9.03. The summed E-state index contributed by atoms with van der Waals surface area (Å²) in [6.07, 6.45) is 3.40. The van der Waals surface area contributed by atoms with Crippen LogP contribution in [-0.2, 0) is 11.3 Å². The lowest BCUT2D eigenvalue weighted by molar-refractivity contribution is 0.0994. The van der Waals surface area contributed by atoms with Crippen LogP contribution in [0.15, 0.2) is 64.1 Å². The number of nitrogens with one attached hydrogen (secondary N) is 1. The fourth-order valence-corrected chi connectivity index (χ4v) is 2.99. The summed E-state index contributed by atoms with van der Waals surface area (Å²) in [5.41, 5.74) is 0.865. The monoisotopic (exact) mass is 380 g/mol. The fourth-order valence-electron chi connectivity index (χ4n) is 2.99. The van der Waals surface area contributed by atoms with Crippen molar-refractivity contribution in [3.63, 3.8) is 0 Å². The SMILES string of the molecule is O=C(Nc1ccc(N2CCOCC2)cn1)c1ccc(Cn2ccccc2=O)o1. The number of carbonyl (C=O) groups excluding carboxylic acids is 1. The van der Waals surface area contributed by atoms with Crippen LogP contribution in [0.5, 0.6) is 0 Å². The molecule has 1 aliphatic rings. The Morgan fingerprint density at radius 2 is 1.96 bits per heavy atom. The molecule has 1 aliphatic heterocycles. The van der Waals surface area contributed by atoms with Gasteiger partial charge in [0.1, 0.15) is 11.6 Å². The van der Waals surface area contributed by atoms with Gasteiger partial charge in [-0.3, -0.25) is 9.59 Å². The number of anilines is 2. The molecule has 0 radical (unpaired) electrons. The normalized spacial score (nSPS) is 14.1. The van der Waals surface area contributed by atoms with Crippen molar-refractivity contribution in [1.29, 1.82) is 0 Å². The third-order valence-corrected chi connectivity index (χ3v) is 4.48. The topological polar surface area (TPSA) is 89.6 Å². The van der Waals surface area contributed by atoms with Crippen molar-refractivity contribution >= 4 is 17.4 Å². The zero-order chi connectivity index (χ0) is 19.3. The molecular formula is C20H20N4O4. The van der Waals surface area contributed by atoms with E-state index in [1.807, 2.05) is 6.07 Å². The molecule has 144 valence electrons. The molecule has 1 saturated heterocycles. The molecule has 0 aliphatic carbocycles. The van der Waals surface area contributed by atoms with Crippen LogP contribution in [0.4, 0.5) is 11.5 Å². The minimum atomic E-state index is -0.390. The highest BCUT2D eigenvalue weighted by Gasteiger charge is 2.14. The number of pyridine rings is 2. The van der Waals surface area contributed by atoms with Crippen LogP contribution >= 0.6 is 0 Å². The zero-order valence-electron chi connectivity index (χ0n) is 15.2. The molecule has 3 aromatic heterocycles. The first-order valence-electron chi connectivity index (χ1n) is 9.03. The van der Waals surface area contributed by atoms with E-state index >= 15 is 0 Å². The smallest absolute Gasteiger partial charge is 0.292 e. The van der Waals surface area contributed by atoms with E-state index in [0.29, 0.717) is 24.8 Å². The number of ether oxygens (including phenoxy) is 1. The molecule has 0 spiro atoms. The van der Waals surface area contributed by atoms with Gasteiger partial charge in [0.25, 0.3) is 11.5 Å². The first kappa shape index (κ1) is 18.0. The van der Waals surface area contributed by atoms with Gasteiger partial charge >= 0.3 is 0 Å². The van der Waals surface area contributed by atoms with Crippen molar-refractivity contribution in [1.82, 2.24) is 9.55 Å². The van der Waals surface area contributed by atoms with Crippen molar-refractivity contribution in [3.8, 4) is 0 Å². The lowest BCUT2D eigenvalue weighted by Gasteiger charge is -2.28. The van der Waals surface area contributed by atoms with Crippen molar-refractivity contribution in [2.75, 3.05) is 36.5 Å². The highest BCUT2D eigenvalue weighted by atomic mass is 16.5. The van der Waals surface area contributed by atoms with Gasteiger partial charge in [-0.2, -0.15) is 0 Å². The largest absolute Gasteiger partial charge is 0.454 e. The molecule has 1 amide bonds. The predicted octanol–water partition coefficient (Wildman–Crippen LogP) is 1.97. The second-order valence-electron chi connectivity index (χ2n) is 6.39. The van der Waals surface area contributed by atoms with Crippen LogP contribution in [0.1, 0.15) is 16.3 Å². The molecule has 0 aromatic carbocycles. The van der Waals surface area contributed by atoms with Crippen molar-refractivity contribution in [2.45, 2.75) is 6.54 Å². The second kappa shape index (κ2) is 8.10. The quantitative estimate of drug-likeness (QED) is 0.728. The standard InChI is InChI=1S/C20H20N4O4/c25-19-3-1-2-8-24(19)14-16-5-6-17(28-16)20(26)22-18-7-4-15(13-21-18)23-9-11-27-12-10-23/h1-8,13H,9-12,14H2,(H,21,22,26). The third-order valence-electron chi connectivity index (χ3n) is 4.48. The maximum Gasteiger partial charge on any atom is 0.292 e. The van der Waals surface area contributed by atoms with E-state index in [9.17, 15) is 9.59 Å². The average Bonchev–Trinajstić information content (AvgIpc) is 3.20. The molecule has 3 aromatic rings. The lowest BCUT2D eigenvalue weighted by Crippen LogP contribution is -2.36. The van der Waals surface area contributed by atoms with E-state index in [1.165, 1.54) is 10.6 Å². The summed E-state index contributed by atoms with van der Waals surface area (Å²) >= 11 is 0. The van der Waals surface area contributed by atoms with Gasteiger partial charge in [-0.05, 0) is 30.3 Å². The molecule has 0 saturated carbocycles. The summed E-state index contributed by atoms with van der Waals surface area (Å²) in [4.78, 5) is 30.7. The maximum atomic E-state index is 12.4. The van der Waals surface area contributed by atoms with Gasteiger partial charge in [-0.15, -0.1) is 0 Å². The van der Waals surface area contributed by atoms with Crippen LogP contribution < -0.4 is 15.8 Å². The molecular weight excluding hydrogens is 360 g/mol. The van der Waals surface area contributed by atoms with Crippen LogP contribution in [0.3, 0.4) is 0 Å². The van der Waals surface area contributed by atoms with Gasteiger partial charge in [0.15, 0.2) is 5.76 Å². The summed E-state index contributed by atoms with van der Waals surface area (Å²) in [5, 5.41) is 2.72. The summed E-state index contributed by atoms with van der Waals surface area (Å²) < 4.78 is 12.4. The highest BCUT2D eigenvalue weighted by molar-refractivity contribution is 6.01. The third kappa shape index (κ3) is 4.12. The molecule has 1 fully saturated rings. The Labute approximate surface area is 161 Å². The van der Waals surface area contributed by atoms with E-state index in [-0.39, 0.29) is 17.9 Å². The number of carbonyl (C=O) groups is 1. The number of morpholine rings is 1. The molecule has 8 nitrogen and oxygen atoms in total. The van der Waals surface area contributed by atoms with Crippen LogP contribution in [0.25, 0.3) is 0 Å². The molecule has 8 heteroatoms. The van der Waals surface area contributed by atoms with E-state index in [2.05, 4.69) is 15.2 Å². The van der Waals surface area contributed by atoms with Crippen molar-refractivity contribution < 1.29 is 13.9 Å². The van der Waals surface area contributed by atoms with E-state index < -0.39 is 5.91 Å². The zero-order valence-corrected chi connectivity index (χ0v) is 15.2. The van der Waals surface area contributed by atoms with E-state index in [0.717, 1.165) is 18.8 Å². The molecule has 4 heterocycles. The first-order chi connectivity index (χ1) is 13.7. The van der Waals surface area contributed by atoms with Crippen LogP contribution in [-0.4, -0.2) is 41.8 Å². The number of hydrogen-bond donors (Lipinski definition) is 1. The molecule has 28 heavy (non-hydrogen) atoms. The molecule has 4 rings (SSSR count). The van der Waals surface area contributed by atoms with Crippen LogP contribution in [0.2, 0.25) is 0 Å². The maximum absolute atomic E-state index is 12.4. The number of rotatable bonds is 5. The molecule has 0 unspecified atom stereocenters. The Hall–Kier alpha value is -3.39. The Kier molecular flexibility index (Phi) is 5.20. The number of furan rings is 1.